The van der Waals surface area contributed by atoms with E-state index < -0.39 is 5.97 Å². The Balaban J connectivity index is 1.65. The first-order chi connectivity index (χ1) is 13.1. The van der Waals surface area contributed by atoms with Crippen LogP contribution in [0.25, 0.3) is 0 Å². The van der Waals surface area contributed by atoms with Crippen molar-refractivity contribution < 1.29 is 14.3 Å². The number of hydrogen-bond donors (Lipinski definition) is 0. The average Bonchev–Trinajstić information content (AvgIpc) is 2.73. The second-order valence-electron chi connectivity index (χ2n) is 6.18. The molecule has 0 saturated carbocycles. The van der Waals surface area contributed by atoms with Crippen LogP contribution in [0.3, 0.4) is 0 Å². The van der Waals surface area contributed by atoms with Gasteiger partial charge in [-0.05, 0) is 35.7 Å². The first kappa shape index (κ1) is 18.4. The van der Waals surface area contributed by atoms with Gasteiger partial charge in [0.05, 0.1) is 5.56 Å². The zero-order valence-electron chi connectivity index (χ0n) is 15.2. The number of carbonyl (C=O) groups is 2. The molecular weight excluding hydrogens is 338 g/mol. The average molecular weight is 359 g/mol. The van der Waals surface area contributed by atoms with Crippen LogP contribution in [0.1, 0.15) is 21.5 Å². The molecule has 0 fully saturated rings. The van der Waals surface area contributed by atoms with Crippen molar-refractivity contribution in [3.05, 3.63) is 102 Å². The third-order valence-electron chi connectivity index (χ3n) is 4.32. The molecule has 4 heteroatoms. The molecule has 3 rings (SSSR count). The van der Waals surface area contributed by atoms with Crippen LogP contribution in [0.5, 0.6) is 0 Å². The standard InChI is InChI=1S/C23H21NO3/c1-24(20-13-6-3-7-14-20)22(25)17-27-23(26)21-15-9-8-12-19(21)16-18-10-4-2-5-11-18/h2-15H,16-17H2,1H3. The lowest BCUT2D eigenvalue weighted by molar-refractivity contribution is -0.121. The topological polar surface area (TPSA) is 46.6 Å². The summed E-state index contributed by atoms with van der Waals surface area (Å²) >= 11 is 0. The number of carbonyl (C=O) groups excluding carboxylic acids is 2. The number of anilines is 1. The van der Waals surface area contributed by atoms with Gasteiger partial charge in [-0.25, -0.2) is 4.79 Å². The van der Waals surface area contributed by atoms with Gasteiger partial charge in [0.25, 0.3) is 5.91 Å². The molecule has 0 aromatic heterocycles. The van der Waals surface area contributed by atoms with Crippen LogP contribution in [0.4, 0.5) is 5.69 Å². The lowest BCUT2D eigenvalue weighted by atomic mass is 10.00. The normalized spacial score (nSPS) is 10.3. The number of para-hydroxylation sites is 1. The zero-order valence-corrected chi connectivity index (χ0v) is 15.2. The number of nitrogens with zero attached hydrogens (tertiary/aromatic N) is 1. The summed E-state index contributed by atoms with van der Waals surface area (Å²) in [6.07, 6.45) is 0.629. The van der Waals surface area contributed by atoms with Crippen LogP contribution in [0, 0.1) is 0 Å². The van der Waals surface area contributed by atoms with Crippen LogP contribution in [-0.2, 0) is 16.0 Å². The van der Waals surface area contributed by atoms with E-state index in [0.717, 1.165) is 16.8 Å². The quantitative estimate of drug-likeness (QED) is 0.623. The van der Waals surface area contributed by atoms with E-state index in [1.54, 1.807) is 19.2 Å². The highest BCUT2D eigenvalue weighted by molar-refractivity contribution is 5.97. The van der Waals surface area contributed by atoms with E-state index in [9.17, 15) is 9.59 Å². The van der Waals surface area contributed by atoms with E-state index in [4.69, 9.17) is 4.74 Å². The van der Waals surface area contributed by atoms with Crippen molar-refractivity contribution in [1.29, 1.82) is 0 Å². The van der Waals surface area contributed by atoms with E-state index in [-0.39, 0.29) is 12.5 Å². The molecule has 0 aliphatic heterocycles. The number of esters is 1. The number of hydrogen-bond acceptors (Lipinski definition) is 3. The van der Waals surface area contributed by atoms with Gasteiger partial charge >= 0.3 is 5.97 Å². The monoisotopic (exact) mass is 359 g/mol. The summed E-state index contributed by atoms with van der Waals surface area (Å²) in [7, 11) is 1.66. The molecule has 0 aliphatic carbocycles. The van der Waals surface area contributed by atoms with Crippen molar-refractivity contribution in [3.8, 4) is 0 Å². The zero-order chi connectivity index (χ0) is 19.1. The first-order valence-electron chi connectivity index (χ1n) is 8.75. The van der Waals surface area contributed by atoms with E-state index in [1.807, 2.05) is 72.8 Å². The van der Waals surface area contributed by atoms with Gasteiger partial charge < -0.3 is 9.64 Å². The Labute approximate surface area is 159 Å². The van der Waals surface area contributed by atoms with Crippen LogP contribution in [-0.4, -0.2) is 25.5 Å². The summed E-state index contributed by atoms with van der Waals surface area (Å²) in [5, 5.41) is 0. The SMILES string of the molecule is CN(C(=O)COC(=O)c1ccccc1Cc1ccccc1)c1ccccc1. The summed E-state index contributed by atoms with van der Waals surface area (Å²) in [6, 6.07) is 26.5. The Bertz CT molecular complexity index is 907. The van der Waals surface area contributed by atoms with Gasteiger partial charge in [0.2, 0.25) is 0 Å². The Morgan fingerprint density at radius 3 is 2.11 bits per heavy atom. The minimum absolute atomic E-state index is 0.282. The molecule has 0 spiro atoms. The van der Waals surface area contributed by atoms with E-state index in [0.29, 0.717) is 12.0 Å². The van der Waals surface area contributed by atoms with Gasteiger partial charge in [-0.15, -0.1) is 0 Å². The predicted molar refractivity (Wildman–Crippen MR) is 106 cm³/mol. The lowest BCUT2D eigenvalue weighted by Crippen LogP contribution is -2.31. The number of ether oxygens (including phenoxy) is 1. The molecule has 0 radical (unpaired) electrons. The summed E-state index contributed by atoms with van der Waals surface area (Å²) in [4.78, 5) is 26.3. The highest BCUT2D eigenvalue weighted by Crippen LogP contribution is 2.16. The number of benzene rings is 3. The summed E-state index contributed by atoms with van der Waals surface area (Å²) in [6.45, 7) is -0.302. The van der Waals surface area contributed by atoms with Crippen LogP contribution in [0.15, 0.2) is 84.9 Å². The van der Waals surface area contributed by atoms with Crippen molar-refractivity contribution in [3.63, 3.8) is 0 Å². The van der Waals surface area contributed by atoms with Gasteiger partial charge in [0, 0.05) is 12.7 Å². The van der Waals surface area contributed by atoms with Gasteiger partial charge in [-0.3, -0.25) is 4.79 Å². The largest absolute Gasteiger partial charge is 0.452 e. The van der Waals surface area contributed by atoms with Crippen LogP contribution >= 0.6 is 0 Å². The third-order valence-corrected chi connectivity index (χ3v) is 4.32. The Kier molecular flexibility index (Phi) is 6.00. The van der Waals surface area contributed by atoms with Crippen LogP contribution < -0.4 is 4.90 Å². The number of rotatable bonds is 6. The second-order valence-corrected chi connectivity index (χ2v) is 6.18. The Morgan fingerprint density at radius 1 is 0.815 bits per heavy atom. The molecule has 136 valence electrons. The Hall–Kier alpha value is -3.40. The van der Waals surface area contributed by atoms with Gasteiger partial charge in [0.15, 0.2) is 6.61 Å². The maximum Gasteiger partial charge on any atom is 0.338 e. The molecule has 0 atom stereocenters. The molecule has 1 amide bonds. The molecule has 0 saturated heterocycles. The van der Waals surface area contributed by atoms with Crippen molar-refractivity contribution in [1.82, 2.24) is 0 Å². The maximum absolute atomic E-state index is 12.5. The molecule has 0 bridgehead atoms. The minimum Gasteiger partial charge on any atom is -0.452 e. The molecule has 0 aliphatic rings. The van der Waals surface area contributed by atoms with Crippen LogP contribution in [0.2, 0.25) is 0 Å². The Morgan fingerprint density at radius 2 is 1.41 bits per heavy atom. The number of likely N-dealkylation sites (N-methyl/N-ethyl adjacent to an activating group) is 1. The highest BCUT2D eigenvalue weighted by atomic mass is 16.5. The van der Waals surface area contributed by atoms with Gasteiger partial charge in [-0.1, -0.05) is 66.7 Å². The fourth-order valence-electron chi connectivity index (χ4n) is 2.79. The molecular formula is C23H21NO3. The van der Waals surface area contributed by atoms with Gasteiger partial charge in [0.1, 0.15) is 0 Å². The molecule has 0 N–H and O–H groups in total. The number of amides is 1. The van der Waals surface area contributed by atoms with Crippen molar-refractivity contribution in [2.45, 2.75) is 6.42 Å². The van der Waals surface area contributed by atoms with E-state index in [1.165, 1.54) is 4.90 Å². The van der Waals surface area contributed by atoms with Crippen molar-refractivity contribution in [2.75, 3.05) is 18.6 Å². The fourth-order valence-corrected chi connectivity index (χ4v) is 2.79. The van der Waals surface area contributed by atoms with Crippen molar-refractivity contribution in [2.24, 2.45) is 0 Å². The highest BCUT2D eigenvalue weighted by Gasteiger charge is 2.17. The molecule has 0 heterocycles. The smallest absolute Gasteiger partial charge is 0.338 e. The fraction of sp³-hybridized carbons (Fsp3) is 0.130. The van der Waals surface area contributed by atoms with Crippen molar-refractivity contribution >= 4 is 17.6 Å². The predicted octanol–water partition coefficient (Wildman–Crippen LogP) is 4.10. The van der Waals surface area contributed by atoms with Gasteiger partial charge in [-0.2, -0.15) is 0 Å². The second kappa shape index (κ2) is 8.81. The summed E-state index contributed by atoms with van der Waals surface area (Å²) < 4.78 is 5.28. The molecule has 4 nitrogen and oxygen atoms in total. The minimum atomic E-state index is -0.489. The summed E-state index contributed by atoms with van der Waals surface area (Å²) in [5.41, 5.74) is 3.22. The molecule has 3 aromatic rings. The van der Waals surface area contributed by atoms with E-state index in [2.05, 4.69) is 0 Å². The summed E-state index contributed by atoms with van der Waals surface area (Å²) in [5.74, 6) is -0.772. The lowest BCUT2D eigenvalue weighted by Gasteiger charge is -2.17. The molecule has 3 aromatic carbocycles. The third kappa shape index (κ3) is 4.82. The maximum atomic E-state index is 12.5. The van der Waals surface area contributed by atoms with E-state index >= 15 is 0 Å². The molecule has 0 unspecified atom stereocenters. The molecule has 27 heavy (non-hydrogen) atoms. The first-order valence-corrected chi connectivity index (χ1v) is 8.75.